The molecule has 2 atom stereocenters. The number of carbonyl (C=O) groups excluding carboxylic acids is 2. The van der Waals surface area contributed by atoms with Gasteiger partial charge in [0.15, 0.2) is 0 Å². The molecule has 72 valence electrons. The Kier molecular flexibility index (Phi) is 1.57. The second kappa shape index (κ2) is 2.34. The average molecular weight is 181 g/mol. The van der Waals surface area contributed by atoms with Gasteiger partial charge in [-0.05, 0) is 17.8 Å². The number of fused-ring (bicyclic) bond motifs is 2. The standard InChI is InChI=1S/C10H15NO2/c1-6(12)11-8-4-7(5-9(11)13)10(8,2)3/h7-8H,4-5H2,1-3H3/t7-,8-/m1/s1. The van der Waals surface area contributed by atoms with Crippen LogP contribution in [0.15, 0.2) is 0 Å². The Bertz CT molecular complexity index is 283. The number of carbonyl (C=O) groups is 2. The van der Waals surface area contributed by atoms with Crippen LogP contribution >= 0.6 is 0 Å². The molecule has 1 aliphatic carbocycles. The molecule has 0 radical (unpaired) electrons. The van der Waals surface area contributed by atoms with E-state index in [9.17, 15) is 9.59 Å². The van der Waals surface area contributed by atoms with Crippen molar-refractivity contribution in [1.82, 2.24) is 4.90 Å². The molecule has 0 spiro atoms. The van der Waals surface area contributed by atoms with Crippen molar-refractivity contribution >= 4 is 11.8 Å². The molecule has 0 aromatic carbocycles. The van der Waals surface area contributed by atoms with Gasteiger partial charge in [-0.2, -0.15) is 0 Å². The van der Waals surface area contributed by atoms with E-state index in [1.165, 1.54) is 11.8 Å². The quantitative estimate of drug-likeness (QED) is 0.562. The third kappa shape index (κ3) is 0.960. The van der Waals surface area contributed by atoms with Crippen LogP contribution in [-0.4, -0.2) is 22.8 Å². The van der Waals surface area contributed by atoms with Gasteiger partial charge in [0, 0.05) is 19.4 Å². The summed E-state index contributed by atoms with van der Waals surface area (Å²) in [5.41, 5.74) is 0.152. The minimum absolute atomic E-state index is 0.0214. The number of nitrogens with zero attached hydrogens (tertiary/aromatic N) is 1. The summed E-state index contributed by atoms with van der Waals surface area (Å²) in [5, 5.41) is 0. The minimum Gasteiger partial charge on any atom is -0.279 e. The molecule has 3 rings (SSSR count). The van der Waals surface area contributed by atoms with Gasteiger partial charge in [0.05, 0.1) is 0 Å². The average Bonchev–Trinajstić information content (AvgIpc) is 2.03. The third-order valence-corrected chi connectivity index (χ3v) is 3.76. The van der Waals surface area contributed by atoms with Crippen LogP contribution in [0.4, 0.5) is 0 Å². The summed E-state index contributed by atoms with van der Waals surface area (Å²) in [5.74, 6) is 0.426. The van der Waals surface area contributed by atoms with E-state index in [1.54, 1.807) is 0 Å². The highest BCUT2D eigenvalue weighted by Crippen LogP contribution is 2.54. The lowest BCUT2D eigenvalue weighted by Crippen LogP contribution is -2.66. The van der Waals surface area contributed by atoms with Crippen LogP contribution in [0, 0.1) is 11.3 Å². The maximum Gasteiger partial charge on any atom is 0.229 e. The summed E-state index contributed by atoms with van der Waals surface area (Å²) >= 11 is 0. The van der Waals surface area contributed by atoms with E-state index in [0.29, 0.717) is 12.3 Å². The first-order valence-electron chi connectivity index (χ1n) is 4.77. The highest BCUT2D eigenvalue weighted by atomic mass is 16.2. The zero-order valence-corrected chi connectivity index (χ0v) is 8.33. The fourth-order valence-electron chi connectivity index (χ4n) is 2.65. The first-order chi connectivity index (χ1) is 5.94. The van der Waals surface area contributed by atoms with Crippen molar-refractivity contribution in [2.75, 3.05) is 0 Å². The van der Waals surface area contributed by atoms with Crippen LogP contribution < -0.4 is 0 Å². The fourth-order valence-corrected chi connectivity index (χ4v) is 2.65. The van der Waals surface area contributed by atoms with Crippen molar-refractivity contribution in [3.8, 4) is 0 Å². The Morgan fingerprint density at radius 2 is 2.15 bits per heavy atom. The Labute approximate surface area is 78.1 Å². The van der Waals surface area contributed by atoms with E-state index < -0.39 is 0 Å². The van der Waals surface area contributed by atoms with Gasteiger partial charge >= 0.3 is 0 Å². The molecule has 0 unspecified atom stereocenters. The van der Waals surface area contributed by atoms with Crippen molar-refractivity contribution in [2.24, 2.45) is 11.3 Å². The molecule has 13 heavy (non-hydrogen) atoms. The molecule has 0 N–H and O–H groups in total. The predicted octanol–water partition coefficient (Wildman–Crippen LogP) is 1.18. The SMILES string of the molecule is CC(=O)N1C(=O)C[C@H]2C[C@@H]1C2(C)C. The van der Waals surface area contributed by atoms with Gasteiger partial charge in [0.1, 0.15) is 0 Å². The summed E-state index contributed by atoms with van der Waals surface area (Å²) in [6, 6.07) is 0.163. The van der Waals surface area contributed by atoms with Gasteiger partial charge in [-0.1, -0.05) is 13.8 Å². The molecule has 2 heterocycles. The molecule has 2 saturated heterocycles. The number of hydrogen-bond donors (Lipinski definition) is 0. The van der Waals surface area contributed by atoms with Gasteiger partial charge < -0.3 is 0 Å². The van der Waals surface area contributed by atoms with Crippen molar-refractivity contribution in [3.63, 3.8) is 0 Å². The molecule has 0 aromatic heterocycles. The summed E-state index contributed by atoms with van der Waals surface area (Å²) in [6.45, 7) is 5.77. The summed E-state index contributed by atoms with van der Waals surface area (Å²) in [6.07, 6.45) is 1.57. The summed E-state index contributed by atoms with van der Waals surface area (Å²) in [4.78, 5) is 24.2. The zero-order chi connectivity index (χ0) is 9.80. The second-order valence-corrected chi connectivity index (χ2v) is 4.76. The molecule has 0 aromatic rings. The Hall–Kier alpha value is -0.860. The van der Waals surface area contributed by atoms with E-state index in [1.807, 2.05) is 0 Å². The number of rotatable bonds is 0. The molecule has 3 aliphatic rings. The number of piperidine rings is 2. The maximum absolute atomic E-state index is 11.5. The highest BCUT2D eigenvalue weighted by molar-refractivity contribution is 5.96. The minimum atomic E-state index is -0.0961. The van der Waals surface area contributed by atoms with Crippen LogP contribution in [0.1, 0.15) is 33.6 Å². The molecule has 2 bridgehead atoms. The fraction of sp³-hybridized carbons (Fsp3) is 0.800. The van der Waals surface area contributed by atoms with Crippen molar-refractivity contribution in [2.45, 2.75) is 39.7 Å². The van der Waals surface area contributed by atoms with Crippen molar-refractivity contribution in [3.05, 3.63) is 0 Å². The predicted molar refractivity (Wildman–Crippen MR) is 47.8 cm³/mol. The van der Waals surface area contributed by atoms with Crippen LogP contribution in [0.5, 0.6) is 0 Å². The first-order valence-corrected chi connectivity index (χ1v) is 4.77. The van der Waals surface area contributed by atoms with E-state index in [4.69, 9.17) is 0 Å². The normalized spacial score (nSPS) is 35.6. The van der Waals surface area contributed by atoms with Crippen LogP contribution in [0.3, 0.4) is 0 Å². The van der Waals surface area contributed by atoms with E-state index in [2.05, 4.69) is 13.8 Å². The van der Waals surface area contributed by atoms with Crippen LogP contribution in [0.25, 0.3) is 0 Å². The summed E-state index contributed by atoms with van der Waals surface area (Å²) < 4.78 is 0. The molecule has 3 heteroatoms. The Balaban J connectivity index is 2.27. The van der Waals surface area contributed by atoms with Crippen LogP contribution in [0.2, 0.25) is 0 Å². The lowest BCUT2D eigenvalue weighted by atomic mass is 9.54. The van der Waals surface area contributed by atoms with Gasteiger partial charge in [-0.25, -0.2) is 0 Å². The Morgan fingerprint density at radius 3 is 2.54 bits per heavy atom. The topological polar surface area (TPSA) is 37.4 Å². The molecule has 2 aliphatic heterocycles. The third-order valence-electron chi connectivity index (χ3n) is 3.76. The van der Waals surface area contributed by atoms with Crippen molar-refractivity contribution in [1.29, 1.82) is 0 Å². The van der Waals surface area contributed by atoms with E-state index in [-0.39, 0.29) is 23.3 Å². The lowest BCUT2D eigenvalue weighted by Gasteiger charge is -2.59. The van der Waals surface area contributed by atoms with Gasteiger partial charge in [-0.3, -0.25) is 14.5 Å². The molecular formula is C10H15NO2. The highest BCUT2D eigenvalue weighted by Gasteiger charge is 2.57. The monoisotopic (exact) mass is 181 g/mol. The second-order valence-electron chi connectivity index (χ2n) is 4.76. The summed E-state index contributed by atoms with van der Waals surface area (Å²) in [7, 11) is 0. The molecule has 1 saturated carbocycles. The van der Waals surface area contributed by atoms with Gasteiger partial charge in [-0.15, -0.1) is 0 Å². The zero-order valence-electron chi connectivity index (χ0n) is 8.33. The molecule has 2 amide bonds. The largest absolute Gasteiger partial charge is 0.279 e. The molecular weight excluding hydrogens is 166 g/mol. The number of hydrogen-bond acceptors (Lipinski definition) is 2. The van der Waals surface area contributed by atoms with Crippen LogP contribution in [-0.2, 0) is 9.59 Å². The number of amides is 2. The Morgan fingerprint density at radius 1 is 1.54 bits per heavy atom. The van der Waals surface area contributed by atoms with E-state index >= 15 is 0 Å². The smallest absolute Gasteiger partial charge is 0.229 e. The lowest BCUT2D eigenvalue weighted by molar-refractivity contribution is -0.175. The first kappa shape index (κ1) is 8.73. The number of imide groups is 1. The van der Waals surface area contributed by atoms with Gasteiger partial charge in [0.2, 0.25) is 11.8 Å². The maximum atomic E-state index is 11.5. The van der Waals surface area contributed by atoms with Gasteiger partial charge in [0.25, 0.3) is 0 Å². The molecule has 3 nitrogen and oxygen atoms in total. The van der Waals surface area contributed by atoms with Crippen molar-refractivity contribution < 1.29 is 9.59 Å². The van der Waals surface area contributed by atoms with E-state index in [0.717, 1.165) is 6.42 Å². The molecule has 3 fully saturated rings.